The van der Waals surface area contributed by atoms with E-state index in [1.165, 1.54) is 0 Å². The Balaban J connectivity index is 2.87. The van der Waals surface area contributed by atoms with Crippen molar-refractivity contribution in [2.45, 2.75) is 6.42 Å². The van der Waals surface area contributed by atoms with Crippen molar-refractivity contribution < 1.29 is 5.11 Å². The molecule has 1 rings (SSSR count). The SMILES string of the molecule is C=C(CCN)c1ccccc1O. The van der Waals surface area contributed by atoms with Gasteiger partial charge in [-0.2, -0.15) is 0 Å². The van der Waals surface area contributed by atoms with E-state index in [0.29, 0.717) is 6.54 Å². The van der Waals surface area contributed by atoms with Crippen LogP contribution < -0.4 is 5.73 Å². The third-order valence-corrected chi connectivity index (χ3v) is 1.73. The van der Waals surface area contributed by atoms with Gasteiger partial charge in [0.15, 0.2) is 0 Å². The van der Waals surface area contributed by atoms with Crippen molar-refractivity contribution in [1.82, 2.24) is 0 Å². The molecular formula is C10H13NO. The summed E-state index contributed by atoms with van der Waals surface area (Å²) in [4.78, 5) is 0. The first kappa shape index (κ1) is 8.81. The second-order valence-corrected chi connectivity index (χ2v) is 2.66. The van der Waals surface area contributed by atoms with Crippen LogP contribution in [-0.2, 0) is 0 Å². The van der Waals surface area contributed by atoms with Gasteiger partial charge in [-0.3, -0.25) is 0 Å². The van der Waals surface area contributed by atoms with E-state index in [4.69, 9.17) is 5.73 Å². The first-order valence-corrected chi connectivity index (χ1v) is 3.92. The highest BCUT2D eigenvalue weighted by Gasteiger charge is 2.01. The summed E-state index contributed by atoms with van der Waals surface area (Å²) in [5, 5.41) is 9.41. The van der Waals surface area contributed by atoms with Gasteiger partial charge in [-0.25, -0.2) is 0 Å². The second-order valence-electron chi connectivity index (χ2n) is 2.66. The Kier molecular flexibility index (Phi) is 2.88. The summed E-state index contributed by atoms with van der Waals surface area (Å²) < 4.78 is 0. The van der Waals surface area contributed by atoms with Crippen molar-refractivity contribution >= 4 is 5.57 Å². The second kappa shape index (κ2) is 3.93. The van der Waals surface area contributed by atoms with Gasteiger partial charge in [-0.05, 0) is 24.6 Å². The van der Waals surface area contributed by atoms with E-state index in [-0.39, 0.29) is 5.75 Å². The molecule has 0 unspecified atom stereocenters. The molecule has 0 aliphatic rings. The summed E-state index contributed by atoms with van der Waals surface area (Å²) in [5.41, 5.74) is 7.05. The standard InChI is InChI=1S/C10H13NO/c1-8(6-7-11)9-4-2-3-5-10(9)12/h2-5,12H,1,6-7,11H2. The van der Waals surface area contributed by atoms with Crippen LogP contribution in [0.4, 0.5) is 0 Å². The van der Waals surface area contributed by atoms with E-state index in [1.54, 1.807) is 12.1 Å². The van der Waals surface area contributed by atoms with Crippen LogP contribution in [0.1, 0.15) is 12.0 Å². The number of para-hydroxylation sites is 1. The highest BCUT2D eigenvalue weighted by Crippen LogP contribution is 2.24. The minimum absolute atomic E-state index is 0.274. The lowest BCUT2D eigenvalue weighted by molar-refractivity contribution is 0.473. The molecule has 2 nitrogen and oxygen atoms in total. The number of phenolic OH excluding ortho intramolecular Hbond substituents is 1. The van der Waals surface area contributed by atoms with E-state index in [1.807, 2.05) is 12.1 Å². The first-order valence-electron chi connectivity index (χ1n) is 3.92. The molecule has 0 saturated heterocycles. The quantitative estimate of drug-likeness (QED) is 0.713. The molecule has 0 aromatic heterocycles. The summed E-state index contributed by atoms with van der Waals surface area (Å²) in [7, 11) is 0. The summed E-state index contributed by atoms with van der Waals surface area (Å²) in [6.07, 6.45) is 0.720. The average Bonchev–Trinajstić information content (AvgIpc) is 2.05. The molecule has 1 aromatic carbocycles. The first-order chi connectivity index (χ1) is 5.75. The topological polar surface area (TPSA) is 46.2 Å². The molecule has 12 heavy (non-hydrogen) atoms. The van der Waals surface area contributed by atoms with Crippen LogP contribution in [0.5, 0.6) is 5.75 Å². The molecular weight excluding hydrogens is 150 g/mol. The number of phenols is 1. The lowest BCUT2D eigenvalue weighted by Crippen LogP contribution is -1.99. The molecule has 0 heterocycles. The molecule has 0 atom stereocenters. The van der Waals surface area contributed by atoms with E-state index in [0.717, 1.165) is 17.6 Å². The number of rotatable bonds is 3. The van der Waals surface area contributed by atoms with Crippen LogP contribution in [0.2, 0.25) is 0 Å². The number of benzene rings is 1. The Bertz CT molecular complexity index is 281. The van der Waals surface area contributed by atoms with Crippen LogP contribution >= 0.6 is 0 Å². The molecule has 0 radical (unpaired) electrons. The smallest absolute Gasteiger partial charge is 0.123 e. The fourth-order valence-electron chi connectivity index (χ4n) is 1.08. The Hall–Kier alpha value is -1.28. The zero-order valence-corrected chi connectivity index (χ0v) is 6.96. The van der Waals surface area contributed by atoms with Gasteiger partial charge in [-0.1, -0.05) is 24.8 Å². The van der Waals surface area contributed by atoms with Gasteiger partial charge in [0, 0.05) is 5.56 Å². The van der Waals surface area contributed by atoms with Gasteiger partial charge in [0.05, 0.1) is 0 Å². The molecule has 3 N–H and O–H groups in total. The monoisotopic (exact) mass is 163 g/mol. The van der Waals surface area contributed by atoms with Gasteiger partial charge < -0.3 is 10.8 Å². The van der Waals surface area contributed by atoms with Gasteiger partial charge in [0.1, 0.15) is 5.75 Å². The Morgan fingerprint density at radius 1 is 1.42 bits per heavy atom. The molecule has 0 fully saturated rings. The molecule has 0 spiro atoms. The maximum atomic E-state index is 9.41. The van der Waals surface area contributed by atoms with E-state index in [9.17, 15) is 5.11 Å². The molecule has 2 heteroatoms. The van der Waals surface area contributed by atoms with Crippen molar-refractivity contribution in [2.75, 3.05) is 6.54 Å². The van der Waals surface area contributed by atoms with Crippen molar-refractivity contribution in [2.24, 2.45) is 5.73 Å². The lowest BCUT2D eigenvalue weighted by atomic mass is 10.0. The minimum Gasteiger partial charge on any atom is -0.507 e. The summed E-state index contributed by atoms with van der Waals surface area (Å²) >= 11 is 0. The van der Waals surface area contributed by atoms with Crippen LogP contribution in [-0.4, -0.2) is 11.7 Å². The predicted molar refractivity (Wildman–Crippen MR) is 50.8 cm³/mol. The molecule has 1 aromatic rings. The zero-order valence-electron chi connectivity index (χ0n) is 6.96. The van der Waals surface area contributed by atoms with Crippen molar-refractivity contribution in [1.29, 1.82) is 0 Å². The van der Waals surface area contributed by atoms with E-state index in [2.05, 4.69) is 6.58 Å². The Morgan fingerprint density at radius 3 is 2.67 bits per heavy atom. The van der Waals surface area contributed by atoms with E-state index >= 15 is 0 Å². The van der Waals surface area contributed by atoms with Gasteiger partial charge in [0.2, 0.25) is 0 Å². The Morgan fingerprint density at radius 2 is 2.08 bits per heavy atom. The van der Waals surface area contributed by atoms with Crippen LogP contribution in [0.15, 0.2) is 30.8 Å². The van der Waals surface area contributed by atoms with Gasteiger partial charge in [0.25, 0.3) is 0 Å². The fourth-order valence-corrected chi connectivity index (χ4v) is 1.08. The normalized spacial score (nSPS) is 9.75. The fraction of sp³-hybridized carbons (Fsp3) is 0.200. The minimum atomic E-state index is 0.274. The maximum absolute atomic E-state index is 9.41. The van der Waals surface area contributed by atoms with Crippen LogP contribution in [0.25, 0.3) is 5.57 Å². The summed E-state index contributed by atoms with van der Waals surface area (Å²) in [5.74, 6) is 0.274. The third kappa shape index (κ3) is 1.86. The molecule has 0 aliphatic carbocycles. The Labute approximate surface area is 72.3 Å². The van der Waals surface area contributed by atoms with Crippen molar-refractivity contribution in [3.63, 3.8) is 0 Å². The molecule has 0 saturated carbocycles. The zero-order chi connectivity index (χ0) is 8.97. The largest absolute Gasteiger partial charge is 0.507 e. The van der Waals surface area contributed by atoms with Crippen LogP contribution in [0, 0.1) is 0 Å². The highest BCUT2D eigenvalue weighted by molar-refractivity contribution is 5.68. The summed E-state index contributed by atoms with van der Waals surface area (Å²) in [6.45, 7) is 4.40. The average molecular weight is 163 g/mol. The summed E-state index contributed by atoms with van der Waals surface area (Å²) in [6, 6.07) is 7.15. The van der Waals surface area contributed by atoms with Crippen molar-refractivity contribution in [3.8, 4) is 5.75 Å². The molecule has 0 amide bonds. The van der Waals surface area contributed by atoms with Crippen LogP contribution in [0.3, 0.4) is 0 Å². The number of aromatic hydroxyl groups is 1. The number of hydrogen-bond acceptors (Lipinski definition) is 2. The van der Waals surface area contributed by atoms with E-state index < -0.39 is 0 Å². The third-order valence-electron chi connectivity index (χ3n) is 1.73. The highest BCUT2D eigenvalue weighted by atomic mass is 16.3. The van der Waals surface area contributed by atoms with Crippen molar-refractivity contribution in [3.05, 3.63) is 36.4 Å². The number of nitrogens with two attached hydrogens (primary N) is 1. The number of hydrogen-bond donors (Lipinski definition) is 2. The molecule has 0 bridgehead atoms. The molecule has 64 valence electrons. The van der Waals surface area contributed by atoms with Gasteiger partial charge >= 0.3 is 0 Å². The predicted octanol–water partition coefficient (Wildman–Crippen LogP) is 1.75. The maximum Gasteiger partial charge on any atom is 0.123 e. The lowest BCUT2D eigenvalue weighted by Gasteiger charge is -2.05. The molecule has 0 aliphatic heterocycles. The van der Waals surface area contributed by atoms with Gasteiger partial charge in [-0.15, -0.1) is 0 Å².